The van der Waals surface area contributed by atoms with Gasteiger partial charge in [-0.05, 0) is 37.1 Å². The molecule has 1 aromatic heterocycles. The Morgan fingerprint density at radius 2 is 1.85 bits per heavy atom. The number of nitrogens with zero attached hydrogens (tertiary/aromatic N) is 1. The van der Waals surface area contributed by atoms with Crippen molar-refractivity contribution in [3.8, 4) is 0 Å². The predicted molar refractivity (Wildman–Crippen MR) is 99.1 cm³/mol. The summed E-state index contributed by atoms with van der Waals surface area (Å²) in [6.07, 6.45) is 2.57. The minimum atomic E-state index is -0.456. The van der Waals surface area contributed by atoms with E-state index in [2.05, 4.69) is 0 Å². The number of anilines is 1. The first-order valence-electron chi connectivity index (χ1n) is 8.71. The number of rotatable bonds is 4. The van der Waals surface area contributed by atoms with Crippen LogP contribution >= 0.6 is 0 Å². The summed E-state index contributed by atoms with van der Waals surface area (Å²) in [5.41, 5.74) is 1.60. The van der Waals surface area contributed by atoms with E-state index in [4.69, 9.17) is 9.15 Å². The van der Waals surface area contributed by atoms with Crippen LogP contribution < -0.4 is 10.3 Å². The highest BCUT2D eigenvalue weighted by Crippen LogP contribution is 2.22. The fourth-order valence-corrected chi connectivity index (χ4v) is 3.25. The van der Waals surface area contributed by atoms with E-state index >= 15 is 0 Å². The van der Waals surface area contributed by atoms with E-state index in [1.165, 1.54) is 6.26 Å². The molecule has 5 heteroatoms. The van der Waals surface area contributed by atoms with E-state index in [0.29, 0.717) is 29.6 Å². The Balaban J connectivity index is 1.72. The Kier molecular flexibility index (Phi) is 4.54. The van der Waals surface area contributed by atoms with Gasteiger partial charge in [0.1, 0.15) is 11.7 Å². The van der Waals surface area contributed by atoms with Crippen molar-refractivity contribution in [2.24, 2.45) is 0 Å². The molecule has 1 fully saturated rings. The van der Waals surface area contributed by atoms with E-state index in [0.717, 1.165) is 12.1 Å². The van der Waals surface area contributed by atoms with Gasteiger partial charge < -0.3 is 14.1 Å². The molecule has 1 atom stereocenters. The maximum atomic E-state index is 13.0. The second kappa shape index (κ2) is 7.14. The summed E-state index contributed by atoms with van der Waals surface area (Å²) in [7, 11) is 0. The van der Waals surface area contributed by atoms with E-state index in [1.807, 2.05) is 36.4 Å². The van der Waals surface area contributed by atoms with Gasteiger partial charge in [-0.1, -0.05) is 30.3 Å². The molecule has 26 heavy (non-hydrogen) atoms. The zero-order valence-corrected chi connectivity index (χ0v) is 14.3. The summed E-state index contributed by atoms with van der Waals surface area (Å²) in [5.74, 6) is -0.124. The van der Waals surface area contributed by atoms with E-state index in [1.54, 1.807) is 23.1 Å². The Bertz CT molecular complexity index is 974. The zero-order chi connectivity index (χ0) is 17.9. The third-order valence-corrected chi connectivity index (χ3v) is 4.62. The third kappa shape index (κ3) is 3.13. The largest absolute Gasteiger partial charge is 0.464 e. The van der Waals surface area contributed by atoms with Gasteiger partial charge in [-0.2, -0.15) is 0 Å². The minimum absolute atomic E-state index is 0.118. The van der Waals surface area contributed by atoms with E-state index < -0.39 is 6.10 Å². The van der Waals surface area contributed by atoms with Crippen LogP contribution in [0.2, 0.25) is 0 Å². The quantitative estimate of drug-likeness (QED) is 0.723. The molecule has 0 radical (unpaired) electrons. The van der Waals surface area contributed by atoms with Crippen molar-refractivity contribution < 1.29 is 13.9 Å². The van der Waals surface area contributed by atoms with Crippen molar-refractivity contribution in [1.29, 1.82) is 0 Å². The average molecular weight is 349 g/mol. The molecule has 2 heterocycles. The lowest BCUT2D eigenvalue weighted by Gasteiger charge is -2.25. The number of carbonyl (C=O) groups excluding carboxylic acids is 1. The van der Waals surface area contributed by atoms with E-state index in [9.17, 15) is 9.59 Å². The Morgan fingerprint density at radius 1 is 1.08 bits per heavy atom. The Morgan fingerprint density at radius 3 is 2.62 bits per heavy atom. The van der Waals surface area contributed by atoms with Crippen molar-refractivity contribution in [3.63, 3.8) is 0 Å². The van der Waals surface area contributed by atoms with Gasteiger partial charge in [0.25, 0.3) is 5.91 Å². The number of benzene rings is 2. The maximum Gasteiger partial charge on any atom is 0.256 e. The molecule has 0 saturated carbocycles. The first kappa shape index (κ1) is 16.5. The monoisotopic (exact) mass is 349 g/mol. The number of amides is 1. The highest BCUT2D eigenvalue weighted by atomic mass is 16.5. The van der Waals surface area contributed by atoms with Gasteiger partial charge in [0.15, 0.2) is 5.43 Å². The summed E-state index contributed by atoms with van der Waals surface area (Å²) in [6, 6.07) is 16.5. The highest BCUT2D eigenvalue weighted by Gasteiger charge is 2.29. The highest BCUT2D eigenvalue weighted by molar-refractivity contribution is 5.96. The zero-order valence-electron chi connectivity index (χ0n) is 14.3. The third-order valence-electron chi connectivity index (χ3n) is 4.62. The number of hydrogen-bond acceptors (Lipinski definition) is 4. The SMILES string of the molecule is O=C([C@@H]1CCCO1)N(Cc1coc2ccccc2c1=O)c1ccccc1. The van der Waals surface area contributed by atoms with Gasteiger partial charge in [-0.15, -0.1) is 0 Å². The number of ether oxygens (including phenoxy) is 1. The van der Waals surface area contributed by atoms with Crippen molar-refractivity contribution in [1.82, 2.24) is 0 Å². The van der Waals surface area contributed by atoms with Crippen molar-refractivity contribution in [2.45, 2.75) is 25.5 Å². The standard InChI is InChI=1S/C21H19NO4/c23-20-15(14-26-18-10-5-4-9-17(18)20)13-22(16-7-2-1-3-8-16)21(24)19-11-6-12-25-19/h1-5,7-10,14,19H,6,11-13H2/t19-/m0/s1. The van der Waals surface area contributed by atoms with Crippen LogP contribution in [0, 0.1) is 0 Å². The summed E-state index contributed by atoms with van der Waals surface area (Å²) in [6.45, 7) is 0.743. The Hall–Kier alpha value is -2.92. The van der Waals surface area contributed by atoms with E-state index in [-0.39, 0.29) is 17.9 Å². The lowest BCUT2D eigenvalue weighted by Crippen LogP contribution is -2.39. The molecule has 1 amide bonds. The van der Waals surface area contributed by atoms with Crippen LogP contribution in [0.5, 0.6) is 0 Å². The topological polar surface area (TPSA) is 59.8 Å². The number of carbonyl (C=O) groups is 1. The predicted octanol–water partition coefficient (Wildman–Crippen LogP) is 3.51. The van der Waals surface area contributed by atoms with Crippen molar-refractivity contribution in [2.75, 3.05) is 11.5 Å². The fourth-order valence-electron chi connectivity index (χ4n) is 3.25. The second-order valence-electron chi connectivity index (χ2n) is 6.35. The van der Waals surface area contributed by atoms with Gasteiger partial charge in [0, 0.05) is 12.3 Å². The molecule has 3 aromatic rings. The summed E-state index contributed by atoms with van der Waals surface area (Å²) in [4.78, 5) is 27.4. The molecule has 5 nitrogen and oxygen atoms in total. The van der Waals surface area contributed by atoms with Crippen LogP contribution in [0.25, 0.3) is 11.0 Å². The number of hydrogen-bond donors (Lipinski definition) is 0. The smallest absolute Gasteiger partial charge is 0.256 e. The van der Waals surface area contributed by atoms with Crippen LogP contribution in [0.4, 0.5) is 5.69 Å². The summed E-state index contributed by atoms with van der Waals surface area (Å²) < 4.78 is 11.2. The Labute approximate surface area is 150 Å². The molecular formula is C21H19NO4. The minimum Gasteiger partial charge on any atom is -0.464 e. The maximum absolute atomic E-state index is 13.0. The normalized spacial score (nSPS) is 16.7. The first-order chi connectivity index (χ1) is 12.7. The first-order valence-corrected chi connectivity index (χ1v) is 8.71. The molecule has 0 aliphatic carbocycles. The molecule has 1 saturated heterocycles. The van der Waals surface area contributed by atoms with Crippen LogP contribution in [-0.2, 0) is 16.1 Å². The van der Waals surface area contributed by atoms with Crippen LogP contribution in [0.1, 0.15) is 18.4 Å². The van der Waals surface area contributed by atoms with Gasteiger partial charge in [0.2, 0.25) is 0 Å². The molecule has 0 N–H and O–H groups in total. The number of para-hydroxylation sites is 2. The van der Waals surface area contributed by atoms with Gasteiger partial charge in [-0.25, -0.2) is 0 Å². The molecule has 132 valence electrons. The summed E-state index contributed by atoms with van der Waals surface area (Å²) in [5, 5.41) is 0.516. The van der Waals surface area contributed by atoms with Gasteiger partial charge in [0.05, 0.1) is 23.8 Å². The molecule has 0 spiro atoms. The van der Waals surface area contributed by atoms with Gasteiger partial charge in [-0.3, -0.25) is 9.59 Å². The van der Waals surface area contributed by atoms with Crippen LogP contribution in [0.3, 0.4) is 0 Å². The molecule has 2 aromatic carbocycles. The molecule has 4 rings (SSSR count). The van der Waals surface area contributed by atoms with Crippen molar-refractivity contribution in [3.05, 3.63) is 76.6 Å². The van der Waals surface area contributed by atoms with Gasteiger partial charge >= 0.3 is 0 Å². The lowest BCUT2D eigenvalue weighted by atomic mass is 10.1. The lowest BCUT2D eigenvalue weighted by molar-refractivity contribution is -0.127. The molecular weight excluding hydrogens is 330 g/mol. The number of fused-ring (bicyclic) bond motifs is 1. The molecule has 1 aliphatic rings. The van der Waals surface area contributed by atoms with Crippen LogP contribution in [-0.4, -0.2) is 18.6 Å². The fraction of sp³-hybridized carbons (Fsp3) is 0.238. The molecule has 0 unspecified atom stereocenters. The average Bonchev–Trinajstić information content (AvgIpc) is 3.23. The summed E-state index contributed by atoms with van der Waals surface area (Å²) >= 11 is 0. The van der Waals surface area contributed by atoms with Crippen molar-refractivity contribution >= 4 is 22.6 Å². The van der Waals surface area contributed by atoms with Crippen LogP contribution in [0.15, 0.2) is 70.1 Å². The molecule has 1 aliphatic heterocycles. The molecule has 0 bridgehead atoms. The second-order valence-corrected chi connectivity index (χ2v) is 6.35.